The van der Waals surface area contributed by atoms with Gasteiger partial charge in [0.05, 0.1) is 28.4 Å². The maximum absolute atomic E-state index is 5.42. The number of hydrogen-bond acceptors (Lipinski definition) is 6. The number of methoxy groups -OCH3 is 4. The lowest BCUT2D eigenvalue weighted by Crippen LogP contribution is -1.92. The van der Waals surface area contributed by atoms with Crippen molar-refractivity contribution in [3.63, 3.8) is 0 Å². The summed E-state index contributed by atoms with van der Waals surface area (Å²) in [6, 6.07) is 11.8. The molecule has 6 heteroatoms. The average molecular weight is 367 g/mol. The van der Waals surface area contributed by atoms with E-state index in [1.54, 1.807) is 52.0 Å². The van der Waals surface area contributed by atoms with Crippen molar-refractivity contribution < 1.29 is 18.9 Å². The molecule has 4 nitrogen and oxygen atoms in total. The monoisotopic (exact) mass is 366 g/mol. The Morgan fingerprint density at radius 3 is 1.38 bits per heavy atom. The third-order valence-electron chi connectivity index (χ3n) is 3.34. The van der Waals surface area contributed by atoms with E-state index in [1.807, 2.05) is 36.4 Å². The first-order valence-electron chi connectivity index (χ1n) is 7.41. The van der Waals surface area contributed by atoms with Crippen LogP contribution < -0.4 is 18.9 Å². The largest absolute Gasteiger partial charge is 0.497 e. The van der Waals surface area contributed by atoms with Crippen molar-refractivity contribution in [1.82, 2.24) is 0 Å². The van der Waals surface area contributed by atoms with Crippen molar-refractivity contribution in [1.29, 1.82) is 0 Å². The molecule has 0 aliphatic carbocycles. The number of ether oxygens (including phenoxy) is 4. The van der Waals surface area contributed by atoms with Crippen LogP contribution in [0.4, 0.5) is 0 Å². The zero-order chi connectivity index (χ0) is 17.4. The Balaban J connectivity index is 1.91. The van der Waals surface area contributed by atoms with Gasteiger partial charge in [-0.1, -0.05) is 0 Å². The lowest BCUT2D eigenvalue weighted by Gasteiger charge is -2.11. The molecule has 0 heterocycles. The highest BCUT2D eigenvalue weighted by atomic mass is 32.2. The Bertz CT molecular complexity index is 604. The fourth-order valence-corrected chi connectivity index (χ4v) is 4.10. The van der Waals surface area contributed by atoms with Crippen LogP contribution in [0.3, 0.4) is 0 Å². The summed E-state index contributed by atoms with van der Waals surface area (Å²) in [5, 5.41) is 0. The van der Waals surface area contributed by atoms with Crippen LogP contribution in [-0.4, -0.2) is 39.9 Å². The SMILES string of the molecule is COc1ccc(SCCSc2ccc(OC)cc2OC)c(OC)c1. The maximum Gasteiger partial charge on any atom is 0.136 e. The molecule has 0 radical (unpaired) electrons. The highest BCUT2D eigenvalue weighted by molar-refractivity contribution is 8.03. The van der Waals surface area contributed by atoms with E-state index in [0.717, 1.165) is 44.3 Å². The van der Waals surface area contributed by atoms with Crippen molar-refractivity contribution in [3.8, 4) is 23.0 Å². The molecule has 0 spiro atoms. The quantitative estimate of drug-likeness (QED) is 0.477. The average Bonchev–Trinajstić information content (AvgIpc) is 2.65. The molecule has 130 valence electrons. The van der Waals surface area contributed by atoms with E-state index in [2.05, 4.69) is 0 Å². The maximum atomic E-state index is 5.42. The van der Waals surface area contributed by atoms with Crippen LogP contribution >= 0.6 is 23.5 Å². The van der Waals surface area contributed by atoms with Gasteiger partial charge in [0, 0.05) is 33.4 Å². The van der Waals surface area contributed by atoms with Crippen molar-refractivity contribution >= 4 is 23.5 Å². The van der Waals surface area contributed by atoms with Crippen LogP contribution in [0.15, 0.2) is 46.2 Å². The Labute approximate surface area is 151 Å². The Morgan fingerprint density at radius 2 is 1.04 bits per heavy atom. The second-order valence-electron chi connectivity index (χ2n) is 4.73. The van der Waals surface area contributed by atoms with Crippen LogP contribution in [0.1, 0.15) is 0 Å². The third-order valence-corrected chi connectivity index (χ3v) is 5.71. The van der Waals surface area contributed by atoms with Gasteiger partial charge in [-0.15, -0.1) is 23.5 Å². The topological polar surface area (TPSA) is 36.9 Å². The smallest absolute Gasteiger partial charge is 0.136 e. The first-order valence-corrected chi connectivity index (χ1v) is 9.38. The molecule has 0 amide bonds. The van der Waals surface area contributed by atoms with Gasteiger partial charge < -0.3 is 18.9 Å². The molecule has 2 rings (SSSR count). The van der Waals surface area contributed by atoms with E-state index in [0.29, 0.717) is 0 Å². The number of hydrogen-bond donors (Lipinski definition) is 0. The summed E-state index contributed by atoms with van der Waals surface area (Å²) in [6.45, 7) is 0. The molecular formula is C18H22O4S2. The van der Waals surface area contributed by atoms with Gasteiger partial charge in [0.1, 0.15) is 23.0 Å². The molecule has 2 aromatic carbocycles. The Hall–Kier alpha value is -1.66. The summed E-state index contributed by atoms with van der Waals surface area (Å²) >= 11 is 3.53. The van der Waals surface area contributed by atoms with Gasteiger partial charge in [-0.3, -0.25) is 0 Å². The van der Waals surface area contributed by atoms with E-state index < -0.39 is 0 Å². The fraction of sp³-hybridized carbons (Fsp3) is 0.333. The van der Waals surface area contributed by atoms with Crippen LogP contribution in [-0.2, 0) is 0 Å². The molecule has 0 atom stereocenters. The van der Waals surface area contributed by atoms with Gasteiger partial charge in [-0.25, -0.2) is 0 Å². The minimum absolute atomic E-state index is 0.800. The molecule has 0 saturated heterocycles. The summed E-state index contributed by atoms with van der Waals surface area (Å²) in [5.74, 6) is 5.20. The second-order valence-corrected chi connectivity index (χ2v) is 7.00. The van der Waals surface area contributed by atoms with Gasteiger partial charge in [0.15, 0.2) is 0 Å². The van der Waals surface area contributed by atoms with Gasteiger partial charge in [-0.2, -0.15) is 0 Å². The molecule has 0 bridgehead atoms. The highest BCUT2D eigenvalue weighted by Crippen LogP contribution is 2.36. The van der Waals surface area contributed by atoms with Crippen LogP contribution in [0.2, 0.25) is 0 Å². The summed E-state index contributed by atoms with van der Waals surface area (Å²) in [4.78, 5) is 2.22. The van der Waals surface area contributed by atoms with Crippen LogP contribution in [0.25, 0.3) is 0 Å². The van der Waals surface area contributed by atoms with Gasteiger partial charge in [-0.05, 0) is 24.3 Å². The van der Waals surface area contributed by atoms with Gasteiger partial charge in [0.2, 0.25) is 0 Å². The van der Waals surface area contributed by atoms with Crippen molar-refractivity contribution in [2.75, 3.05) is 39.9 Å². The lowest BCUT2D eigenvalue weighted by atomic mass is 10.3. The first kappa shape index (κ1) is 18.7. The fourth-order valence-electron chi connectivity index (χ4n) is 2.09. The normalized spacial score (nSPS) is 10.3. The van der Waals surface area contributed by atoms with E-state index >= 15 is 0 Å². The molecule has 0 unspecified atom stereocenters. The first-order chi connectivity index (χ1) is 11.7. The van der Waals surface area contributed by atoms with E-state index in [-0.39, 0.29) is 0 Å². The van der Waals surface area contributed by atoms with Crippen molar-refractivity contribution in [2.24, 2.45) is 0 Å². The molecule has 0 N–H and O–H groups in total. The van der Waals surface area contributed by atoms with E-state index in [9.17, 15) is 0 Å². The van der Waals surface area contributed by atoms with Crippen molar-refractivity contribution in [3.05, 3.63) is 36.4 Å². The second kappa shape index (κ2) is 9.59. The molecule has 0 fully saturated rings. The van der Waals surface area contributed by atoms with Crippen molar-refractivity contribution in [2.45, 2.75) is 9.79 Å². The van der Waals surface area contributed by atoms with Crippen LogP contribution in [0.5, 0.6) is 23.0 Å². The zero-order valence-electron chi connectivity index (χ0n) is 14.3. The molecule has 0 aliphatic rings. The molecule has 2 aromatic rings. The summed E-state index contributed by atoms with van der Waals surface area (Å²) in [5.41, 5.74) is 0. The standard InChI is InChI=1S/C18H22O4S2/c1-19-13-5-7-17(15(11-13)21-3)23-9-10-24-18-8-6-14(20-2)12-16(18)22-4/h5-8,11-12H,9-10H2,1-4H3. The highest BCUT2D eigenvalue weighted by Gasteiger charge is 2.08. The third kappa shape index (κ3) is 4.92. The predicted octanol–water partition coefficient (Wildman–Crippen LogP) is 4.61. The molecule has 0 saturated carbocycles. The minimum atomic E-state index is 0.800. The van der Waals surface area contributed by atoms with E-state index in [4.69, 9.17) is 18.9 Å². The molecule has 0 aliphatic heterocycles. The minimum Gasteiger partial charge on any atom is -0.497 e. The molecule has 24 heavy (non-hydrogen) atoms. The van der Waals surface area contributed by atoms with Gasteiger partial charge >= 0.3 is 0 Å². The number of rotatable bonds is 9. The Morgan fingerprint density at radius 1 is 0.625 bits per heavy atom. The summed E-state index contributed by atoms with van der Waals surface area (Å²) < 4.78 is 21.3. The zero-order valence-corrected chi connectivity index (χ0v) is 16.0. The lowest BCUT2D eigenvalue weighted by molar-refractivity contribution is 0.387. The van der Waals surface area contributed by atoms with E-state index in [1.165, 1.54) is 0 Å². The van der Waals surface area contributed by atoms with Gasteiger partial charge in [0.25, 0.3) is 0 Å². The Kier molecular flexibility index (Phi) is 7.46. The predicted molar refractivity (Wildman–Crippen MR) is 101 cm³/mol. The number of benzene rings is 2. The summed E-state index contributed by atoms with van der Waals surface area (Å²) in [7, 11) is 6.66. The van der Waals surface area contributed by atoms with Crippen LogP contribution in [0, 0.1) is 0 Å². The number of thioether (sulfide) groups is 2. The molecule has 0 aromatic heterocycles. The summed E-state index contributed by atoms with van der Waals surface area (Å²) in [6.07, 6.45) is 0. The molecular weight excluding hydrogens is 344 g/mol.